The fourth-order valence-electron chi connectivity index (χ4n) is 3.40. The molecule has 1 aliphatic heterocycles. The van der Waals surface area contributed by atoms with E-state index in [4.69, 9.17) is 4.74 Å². The summed E-state index contributed by atoms with van der Waals surface area (Å²) in [5.41, 5.74) is 0.691. The summed E-state index contributed by atoms with van der Waals surface area (Å²) in [6.45, 7) is 2.83. The fraction of sp³-hybridized carbons (Fsp3) is 0.400. The maximum atomic E-state index is 12.8. The molecule has 3 atom stereocenters. The molecule has 1 fully saturated rings. The number of nitrogens with one attached hydrogen (secondary N) is 2. The van der Waals surface area contributed by atoms with Gasteiger partial charge in [-0.15, -0.1) is 0 Å². The van der Waals surface area contributed by atoms with Crippen molar-refractivity contribution in [3.63, 3.8) is 0 Å². The number of benzene rings is 1. The number of carbonyl (C=O) groups excluding carboxylic acids is 1. The number of amides is 1. The Kier molecular flexibility index (Phi) is 5.88. The number of nitrogens with zero attached hydrogens (tertiary/aromatic N) is 1. The van der Waals surface area contributed by atoms with E-state index in [1.807, 2.05) is 6.92 Å². The van der Waals surface area contributed by atoms with Crippen LogP contribution in [0.25, 0.3) is 0 Å². The molecular weight excluding hydrogens is 371 g/mol. The lowest BCUT2D eigenvalue weighted by Crippen LogP contribution is -2.36. The van der Waals surface area contributed by atoms with Gasteiger partial charge in [0.15, 0.2) is 0 Å². The highest BCUT2D eigenvalue weighted by molar-refractivity contribution is 5.81. The van der Waals surface area contributed by atoms with Crippen LogP contribution in [0, 0.1) is 5.92 Å². The van der Waals surface area contributed by atoms with Crippen molar-refractivity contribution in [2.24, 2.45) is 5.92 Å². The molecular formula is C20H22F3N3O2. The number of methoxy groups -OCH3 is 1. The summed E-state index contributed by atoms with van der Waals surface area (Å²) in [5, 5.41) is 6.11. The normalized spacial score (nSPS) is 20.6. The van der Waals surface area contributed by atoms with Gasteiger partial charge in [0.25, 0.3) is 0 Å². The van der Waals surface area contributed by atoms with Crippen molar-refractivity contribution in [2.75, 3.05) is 20.2 Å². The molecule has 2 N–H and O–H groups in total. The minimum Gasteiger partial charge on any atom is -0.481 e. The van der Waals surface area contributed by atoms with Gasteiger partial charge in [-0.2, -0.15) is 13.2 Å². The van der Waals surface area contributed by atoms with Crippen molar-refractivity contribution in [3.05, 3.63) is 59.3 Å². The Morgan fingerprint density at radius 3 is 2.57 bits per heavy atom. The summed E-state index contributed by atoms with van der Waals surface area (Å²) in [7, 11) is 1.52. The largest absolute Gasteiger partial charge is 0.481 e. The molecule has 150 valence electrons. The zero-order valence-electron chi connectivity index (χ0n) is 15.6. The van der Waals surface area contributed by atoms with Crippen LogP contribution in [-0.4, -0.2) is 31.1 Å². The van der Waals surface area contributed by atoms with Gasteiger partial charge < -0.3 is 15.4 Å². The third-order valence-electron chi connectivity index (χ3n) is 4.97. The van der Waals surface area contributed by atoms with E-state index in [0.29, 0.717) is 30.2 Å². The first kappa shape index (κ1) is 20.1. The van der Waals surface area contributed by atoms with E-state index < -0.39 is 11.7 Å². The predicted octanol–water partition coefficient (Wildman–Crippen LogP) is 3.29. The summed E-state index contributed by atoms with van der Waals surface area (Å²) in [6.07, 6.45) is -4.37. The summed E-state index contributed by atoms with van der Waals surface area (Å²) in [4.78, 5) is 17.1. The van der Waals surface area contributed by atoms with Crippen LogP contribution in [0.15, 0.2) is 42.5 Å². The molecule has 5 nitrogen and oxygen atoms in total. The third-order valence-corrected chi connectivity index (χ3v) is 4.97. The molecule has 0 radical (unpaired) electrons. The second-order valence-corrected chi connectivity index (χ2v) is 6.83. The van der Waals surface area contributed by atoms with Crippen LogP contribution in [0.2, 0.25) is 0 Å². The number of carbonyl (C=O) groups is 1. The van der Waals surface area contributed by atoms with Gasteiger partial charge in [-0.1, -0.05) is 18.2 Å². The SMILES string of the molecule is COc1cccc([C@H](C)NC(=O)[C@@H]2CNC[C@H]2c2ccc(C(F)(F)F)cc2)n1. The van der Waals surface area contributed by atoms with Crippen LogP contribution in [-0.2, 0) is 11.0 Å². The van der Waals surface area contributed by atoms with Crippen molar-refractivity contribution in [2.45, 2.75) is 25.1 Å². The van der Waals surface area contributed by atoms with Crippen LogP contribution in [0.3, 0.4) is 0 Å². The van der Waals surface area contributed by atoms with Gasteiger partial charge in [0.05, 0.1) is 30.3 Å². The molecule has 1 aromatic carbocycles. The van der Waals surface area contributed by atoms with Gasteiger partial charge in [0.1, 0.15) is 0 Å². The van der Waals surface area contributed by atoms with E-state index >= 15 is 0 Å². The Morgan fingerprint density at radius 2 is 1.93 bits per heavy atom. The van der Waals surface area contributed by atoms with E-state index in [1.165, 1.54) is 19.2 Å². The number of halogens is 3. The van der Waals surface area contributed by atoms with Crippen LogP contribution in [0.4, 0.5) is 13.2 Å². The highest BCUT2D eigenvalue weighted by Crippen LogP contribution is 2.33. The Labute approximate surface area is 161 Å². The Bertz CT molecular complexity index is 824. The predicted molar refractivity (Wildman–Crippen MR) is 97.9 cm³/mol. The summed E-state index contributed by atoms with van der Waals surface area (Å²) < 4.78 is 43.4. The standard InChI is InChI=1S/C20H22F3N3O2/c1-12(17-4-3-5-18(26-17)28-2)25-19(27)16-11-24-10-15(16)13-6-8-14(9-7-13)20(21,22)23/h3-9,12,15-16,24H,10-11H2,1-2H3,(H,25,27)/t12-,15-,16+/m0/s1. The number of aromatic nitrogens is 1. The molecule has 1 saturated heterocycles. The van der Waals surface area contributed by atoms with Crippen molar-refractivity contribution in [1.82, 2.24) is 15.6 Å². The molecule has 0 bridgehead atoms. The number of alkyl halides is 3. The van der Waals surface area contributed by atoms with Gasteiger partial charge in [-0.3, -0.25) is 4.79 Å². The lowest BCUT2D eigenvalue weighted by Gasteiger charge is -2.22. The molecule has 3 rings (SSSR count). The van der Waals surface area contributed by atoms with Crippen molar-refractivity contribution < 1.29 is 22.7 Å². The topological polar surface area (TPSA) is 63.2 Å². The molecule has 1 aliphatic rings. The molecule has 1 aromatic heterocycles. The smallest absolute Gasteiger partial charge is 0.416 e. The highest BCUT2D eigenvalue weighted by Gasteiger charge is 2.36. The maximum Gasteiger partial charge on any atom is 0.416 e. The van der Waals surface area contributed by atoms with E-state index in [2.05, 4.69) is 15.6 Å². The number of pyridine rings is 1. The van der Waals surface area contributed by atoms with E-state index in [1.54, 1.807) is 18.2 Å². The Balaban J connectivity index is 1.70. The van der Waals surface area contributed by atoms with Crippen molar-refractivity contribution in [1.29, 1.82) is 0 Å². The summed E-state index contributed by atoms with van der Waals surface area (Å²) >= 11 is 0. The third kappa shape index (κ3) is 4.44. The second-order valence-electron chi connectivity index (χ2n) is 6.83. The molecule has 0 aliphatic carbocycles. The first-order valence-corrected chi connectivity index (χ1v) is 8.99. The van der Waals surface area contributed by atoms with Gasteiger partial charge in [-0.25, -0.2) is 4.98 Å². The van der Waals surface area contributed by atoms with E-state index in [-0.39, 0.29) is 23.8 Å². The average Bonchev–Trinajstić information content (AvgIpc) is 3.17. The van der Waals surface area contributed by atoms with E-state index in [9.17, 15) is 18.0 Å². The van der Waals surface area contributed by atoms with Gasteiger partial charge >= 0.3 is 6.18 Å². The van der Waals surface area contributed by atoms with Gasteiger partial charge in [0.2, 0.25) is 11.8 Å². The molecule has 1 amide bonds. The number of ether oxygens (including phenoxy) is 1. The number of rotatable bonds is 5. The molecule has 0 unspecified atom stereocenters. The van der Waals surface area contributed by atoms with Crippen molar-refractivity contribution >= 4 is 5.91 Å². The fourth-order valence-corrected chi connectivity index (χ4v) is 3.40. The molecule has 8 heteroatoms. The highest BCUT2D eigenvalue weighted by atomic mass is 19.4. The number of hydrogen-bond donors (Lipinski definition) is 2. The maximum absolute atomic E-state index is 12.8. The van der Waals surface area contributed by atoms with Crippen LogP contribution >= 0.6 is 0 Å². The molecule has 28 heavy (non-hydrogen) atoms. The minimum absolute atomic E-state index is 0.160. The minimum atomic E-state index is -4.37. The zero-order chi connectivity index (χ0) is 20.3. The molecule has 0 saturated carbocycles. The summed E-state index contributed by atoms with van der Waals surface area (Å²) in [6, 6.07) is 10.0. The molecule has 0 spiro atoms. The van der Waals surface area contributed by atoms with E-state index in [0.717, 1.165) is 12.1 Å². The first-order valence-electron chi connectivity index (χ1n) is 8.99. The average molecular weight is 393 g/mol. The second kappa shape index (κ2) is 8.18. The first-order chi connectivity index (χ1) is 13.3. The monoisotopic (exact) mass is 393 g/mol. The number of hydrogen-bond acceptors (Lipinski definition) is 4. The van der Waals surface area contributed by atoms with Gasteiger partial charge in [-0.05, 0) is 30.7 Å². The lowest BCUT2D eigenvalue weighted by atomic mass is 9.87. The summed E-state index contributed by atoms with van der Waals surface area (Å²) in [5.74, 6) is -0.256. The van der Waals surface area contributed by atoms with Gasteiger partial charge in [0, 0.05) is 25.1 Å². The van der Waals surface area contributed by atoms with Crippen molar-refractivity contribution in [3.8, 4) is 5.88 Å². The quantitative estimate of drug-likeness (QED) is 0.818. The Hall–Kier alpha value is -2.61. The molecule has 2 aromatic rings. The van der Waals surface area contributed by atoms with Crippen LogP contribution in [0.1, 0.15) is 35.7 Å². The lowest BCUT2D eigenvalue weighted by molar-refractivity contribution is -0.137. The zero-order valence-corrected chi connectivity index (χ0v) is 15.6. The Morgan fingerprint density at radius 1 is 1.21 bits per heavy atom. The van der Waals surface area contributed by atoms with Crippen LogP contribution < -0.4 is 15.4 Å². The molecule has 2 heterocycles. The van der Waals surface area contributed by atoms with Crippen LogP contribution in [0.5, 0.6) is 5.88 Å².